The summed E-state index contributed by atoms with van der Waals surface area (Å²) in [4.78, 5) is 8.37. The molecular weight excluding hydrogens is 248 g/mol. The quantitative estimate of drug-likeness (QED) is 0.889. The fourth-order valence-electron chi connectivity index (χ4n) is 1.64. The van der Waals surface area contributed by atoms with Crippen LogP contribution >= 0.6 is 11.6 Å². The number of nitrogens with one attached hydrogen (secondary N) is 1. The molecule has 0 amide bonds. The molecule has 0 unspecified atom stereocenters. The monoisotopic (exact) mass is 262 g/mol. The lowest BCUT2D eigenvalue weighted by Gasteiger charge is -2.06. The fourth-order valence-corrected chi connectivity index (χ4v) is 1.77. The first-order chi connectivity index (χ1) is 8.63. The average molecular weight is 263 g/mol. The van der Waals surface area contributed by atoms with E-state index in [0.29, 0.717) is 11.8 Å². The van der Waals surface area contributed by atoms with Crippen LogP contribution in [0.1, 0.15) is 11.3 Å². The Balaban J connectivity index is 1.90. The van der Waals surface area contributed by atoms with Crippen LogP contribution in [-0.4, -0.2) is 16.5 Å². The van der Waals surface area contributed by atoms with Gasteiger partial charge in [-0.05, 0) is 31.0 Å². The van der Waals surface area contributed by atoms with Gasteiger partial charge in [0.2, 0.25) is 5.95 Å². The number of nitrogens with two attached hydrogens (primary N) is 1. The molecule has 2 aromatic rings. The number of anilines is 2. The molecule has 18 heavy (non-hydrogen) atoms. The predicted molar refractivity (Wildman–Crippen MR) is 74.8 cm³/mol. The van der Waals surface area contributed by atoms with Crippen molar-refractivity contribution in [1.29, 1.82) is 0 Å². The summed E-state index contributed by atoms with van der Waals surface area (Å²) < 4.78 is 0. The lowest BCUT2D eigenvalue weighted by Crippen LogP contribution is -2.09. The van der Waals surface area contributed by atoms with E-state index in [-0.39, 0.29) is 0 Å². The average Bonchev–Trinajstić information content (AvgIpc) is 2.30. The molecule has 0 aliphatic carbocycles. The maximum absolute atomic E-state index is 5.83. The van der Waals surface area contributed by atoms with Gasteiger partial charge in [-0.15, -0.1) is 0 Å². The largest absolute Gasteiger partial charge is 0.384 e. The van der Waals surface area contributed by atoms with Crippen LogP contribution in [0.3, 0.4) is 0 Å². The second kappa shape index (κ2) is 5.69. The predicted octanol–water partition coefficient (Wildman–Crippen LogP) is 2.68. The molecule has 0 atom stereocenters. The highest BCUT2D eigenvalue weighted by Crippen LogP contribution is 2.10. The molecule has 0 bridgehead atoms. The van der Waals surface area contributed by atoms with E-state index in [9.17, 15) is 0 Å². The van der Waals surface area contributed by atoms with Crippen molar-refractivity contribution in [2.24, 2.45) is 0 Å². The summed E-state index contributed by atoms with van der Waals surface area (Å²) in [5.41, 5.74) is 7.73. The summed E-state index contributed by atoms with van der Waals surface area (Å²) in [7, 11) is 0. The number of aryl methyl sites for hydroxylation is 1. The first-order valence-corrected chi connectivity index (χ1v) is 6.11. The standard InChI is InChI=1S/C13H15ClN4/c1-9-8-12(15)18-13(17-9)16-7-6-10-2-4-11(14)5-3-10/h2-5,8H,6-7H2,1H3,(H3,15,16,17,18). The third-order valence-corrected chi connectivity index (χ3v) is 2.74. The van der Waals surface area contributed by atoms with E-state index in [0.717, 1.165) is 23.7 Å². The highest BCUT2D eigenvalue weighted by molar-refractivity contribution is 6.30. The normalized spacial score (nSPS) is 10.3. The number of hydrogen-bond donors (Lipinski definition) is 2. The van der Waals surface area contributed by atoms with Gasteiger partial charge in [0.1, 0.15) is 5.82 Å². The van der Waals surface area contributed by atoms with Crippen LogP contribution in [0.2, 0.25) is 5.02 Å². The minimum Gasteiger partial charge on any atom is -0.384 e. The molecule has 0 aliphatic rings. The molecule has 3 N–H and O–H groups in total. The summed E-state index contributed by atoms with van der Waals surface area (Å²) in [5.74, 6) is 1.05. The summed E-state index contributed by atoms with van der Waals surface area (Å²) in [5, 5.41) is 3.91. The second-order valence-corrected chi connectivity index (χ2v) is 4.50. The zero-order chi connectivity index (χ0) is 13.0. The van der Waals surface area contributed by atoms with Crippen LogP contribution in [0, 0.1) is 6.92 Å². The van der Waals surface area contributed by atoms with Gasteiger partial charge in [-0.3, -0.25) is 0 Å². The van der Waals surface area contributed by atoms with Gasteiger partial charge < -0.3 is 11.1 Å². The molecule has 1 heterocycles. The maximum Gasteiger partial charge on any atom is 0.224 e. The molecule has 5 heteroatoms. The zero-order valence-electron chi connectivity index (χ0n) is 10.2. The Hall–Kier alpha value is -1.81. The van der Waals surface area contributed by atoms with Gasteiger partial charge in [0, 0.05) is 23.3 Å². The first kappa shape index (κ1) is 12.6. The van der Waals surface area contributed by atoms with E-state index in [4.69, 9.17) is 17.3 Å². The van der Waals surface area contributed by atoms with Crippen LogP contribution < -0.4 is 11.1 Å². The minimum absolute atomic E-state index is 0.483. The molecule has 0 fully saturated rings. The van der Waals surface area contributed by atoms with E-state index in [1.807, 2.05) is 31.2 Å². The van der Waals surface area contributed by atoms with E-state index in [1.54, 1.807) is 6.07 Å². The van der Waals surface area contributed by atoms with Gasteiger partial charge in [-0.2, -0.15) is 4.98 Å². The van der Waals surface area contributed by atoms with E-state index in [1.165, 1.54) is 5.56 Å². The molecule has 0 spiro atoms. The molecule has 1 aromatic heterocycles. The van der Waals surface area contributed by atoms with Crippen LogP contribution in [-0.2, 0) is 6.42 Å². The van der Waals surface area contributed by atoms with Gasteiger partial charge in [0.15, 0.2) is 0 Å². The topological polar surface area (TPSA) is 63.8 Å². The zero-order valence-corrected chi connectivity index (χ0v) is 10.9. The summed E-state index contributed by atoms with van der Waals surface area (Å²) >= 11 is 5.83. The molecule has 0 saturated heterocycles. The molecule has 0 radical (unpaired) electrons. The van der Waals surface area contributed by atoms with Gasteiger partial charge >= 0.3 is 0 Å². The molecular formula is C13H15ClN4. The Morgan fingerprint density at radius 2 is 1.94 bits per heavy atom. The molecule has 2 rings (SSSR count). The van der Waals surface area contributed by atoms with Crippen LogP contribution in [0.25, 0.3) is 0 Å². The summed E-state index contributed by atoms with van der Waals surface area (Å²) in [6.07, 6.45) is 0.883. The Bertz CT molecular complexity index is 505. The highest BCUT2D eigenvalue weighted by atomic mass is 35.5. The van der Waals surface area contributed by atoms with Crippen molar-refractivity contribution in [3.8, 4) is 0 Å². The molecule has 4 nitrogen and oxygen atoms in total. The van der Waals surface area contributed by atoms with Gasteiger partial charge in [-0.1, -0.05) is 23.7 Å². The number of benzene rings is 1. The van der Waals surface area contributed by atoms with Crippen molar-refractivity contribution in [3.63, 3.8) is 0 Å². The smallest absolute Gasteiger partial charge is 0.224 e. The molecule has 0 saturated carbocycles. The maximum atomic E-state index is 5.83. The number of hydrogen-bond acceptors (Lipinski definition) is 4. The van der Waals surface area contributed by atoms with E-state index >= 15 is 0 Å². The van der Waals surface area contributed by atoms with Crippen molar-refractivity contribution < 1.29 is 0 Å². The molecule has 1 aromatic carbocycles. The summed E-state index contributed by atoms with van der Waals surface area (Å²) in [6, 6.07) is 9.53. The fraction of sp³-hybridized carbons (Fsp3) is 0.231. The van der Waals surface area contributed by atoms with Gasteiger partial charge in [0.25, 0.3) is 0 Å². The number of nitrogen functional groups attached to an aromatic ring is 1. The Morgan fingerprint density at radius 1 is 1.22 bits per heavy atom. The van der Waals surface area contributed by atoms with Crippen molar-refractivity contribution in [1.82, 2.24) is 9.97 Å². The van der Waals surface area contributed by atoms with Crippen molar-refractivity contribution >= 4 is 23.4 Å². The number of aromatic nitrogens is 2. The van der Waals surface area contributed by atoms with Crippen molar-refractivity contribution in [3.05, 3.63) is 46.6 Å². The van der Waals surface area contributed by atoms with Gasteiger partial charge in [-0.25, -0.2) is 4.98 Å². The lowest BCUT2D eigenvalue weighted by atomic mass is 10.1. The third-order valence-electron chi connectivity index (χ3n) is 2.48. The SMILES string of the molecule is Cc1cc(N)nc(NCCc2ccc(Cl)cc2)n1. The van der Waals surface area contributed by atoms with Crippen molar-refractivity contribution in [2.45, 2.75) is 13.3 Å². The van der Waals surface area contributed by atoms with Crippen molar-refractivity contribution in [2.75, 3.05) is 17.6 Å². The lowest BCUT2D eigenvalue weighted by molar-refractivity contribution is 0.977. The minimum atomic E-state index is 0.483. The Kier molecular flexibility index (Phi) is 3.99. The molecule has 94 valence electrons. The van der Waals surface area contributed by atoms with Crippen LogP contribution in [0.15, 0.2) is 30.3 Å². The first-order valence-electron chi connectivity index (χ1n) is 5.73. The molecule has 0 aliphatic heterocycles. The Morgan fingerprint density at radius 3 is 2.61 bits per heavy atom. The van der Waals surface area contributed by atoms with Crippen LogP contribution in [0.4, 0.5) is 11.8 Å². The van der Waals surface area contributed by atoms with E-state index in [2.05, 4.69) is 15.3 Å². The van der Waals surface area contributed by atoms with Crippen LogP contribution in [0.5, 0.6) is 0 Å². The number of halogens is 1. The third kappa shape index (κ3) is 3.60. The Labute approximate surface area is 111 Å². The van der Waals surface area contributed by atoms with E-state index < -0.39 is 0 Å². The highest BCUT2D eigenvalue weighted by Gasteiger charge is 1.99. The second-order valence-electron chi connectivity index (χ2n) is 4.06. The number of rotatable bonds is 4. The van der Waals surface area contributed by atoms with Gasteiger partial charge in [0.05, 0.1) is 0 Å². The number of nitrogens with zero attached hydrogens (tertiary/aromatic N) is 2. The summed E-state index contributed by atoms with van der Waals surface area (Å²) in [6.45, 7) is 2.65.